The summed E-state index contributed by atoms with van der Waals surface area (Å²) in [7, 11) is 0. The Morgan fingerprint density at radius 3 is 2.23 bits per heavy atom. The van der Waals surface area contributed by atoms with E-state index in [1.54, 1.807) is 12.1 Å². The van der Waals surface area contributed by atoms with Gasteiger partial charge in [-0.2, -0.15) is 0 Å². The summed E-state index contributed by atoms with van der Waals surface area (Å²) in [5.74, 6) is 1.20. The molecule has 1 fully saturated rings. The maximum atomic E-state index is 12.2. The fourth-order valence-electron chi connectivity index (χ4n) is 4.65. The molecule has 1 heterocycles. The van der Waals surface area contributed by atoms with Gasteiger partial charge in [0, 0.05) is 18.8 Å². The first-order chi connectivity index (χ1) is 16.9. The highest BCUT2D eigenvalue weighted by Crippen LogP contribution is 2.29. The van der Waals surface area contributed by atoms with Gasteiger partial charge >= 0.3 is 0 Å². The van der Waals surface area contributed by atoms with Crippen LogP contribution in [0, 0.1) is 11.7 Å². The van der Waals surface area contributed by atoms with Gasteiger partial charge in [-0.3, -0.25) is 0 Å². The van der Waals surface area contributed by atoms with Crippen LogP contribution in [0.4, 0.5) is 4.39 Å². The normalized spacial score (nSPS) is 13.8. The summed E-state index contributed by atoms with van der Waals surface area (Å²) in [5, 5.41) is 0. The molecule has 1 aliphatic rings. The molecule has 1 aliphatic heterocycles. The molecule has 1 saturated heterocycles. The monoisotopic (exact) mass is 497 g/mol. The Balaban J connectivity index is 0.000000402. The van der Waals surface area contributed by atoms with E-state index in [4.69, 9.17) is 11.6 Å². The number of likely N-dealkylation sites (tertiary alicyclic amines) is 1. The van der Waals surface area contributed by atoms with Crippen LogP contribution in [0.15, 0.2) is 61.3 Å². The molecule has 0 bridgehead atoms. The van der Waals surface area contributed by atoms with Crippen molar-refractivity contribution in [3.05, 3.63) is 89.4 Å². The quantitative estimate of drug-likeness (QED) is 0.279. The zero-order valence-electron chi connectivity index (χ0n) is 22.2. The minimum absolute atomic E-state index is 0.160. The molecule has 2 aromatic carbocycles. The topological polar surface area (TPSA) is 3.24 Å². The molecule has 2 aromatic rings. The number of halogens is 2. The van der Waals surface area contributed by atoms with E-state index in [0.717, 1.165) is 44.0 Å². The van der Waals surface area contributed by atoms with E-state index in [1.165, 1.54) is 78.5 Å². The molecule has 192 valence electrons. The standard InChI is InChI=1S/C24H36ClN.C8H9F/c1-5-7-8-23-11-12-24(17-22(23)6-2)19(3)9-10-21-13-15-26(16-14-21)20(4)18-25;1-2-7-3-5-8(9)6-4-7/h11-12,17,21H,3-10,13-16,18H2,1-2H3;3-6H,2H2,1H3. The van der Waals surface area contributed by atoms with Crippen molar-refractivity contribution in [3.8, 4) is 0 Å². The number of nitrogens with zero attached hydrogens (tertiary/aromatic N) is 1. The molecule has 0 saturated carbocycles. The number of aryl methyl sites for hydroxylation is 3. The Kier molecular flexibility index (Phi) is 13.2. The largest absolute Gasteiger partial charge is 0.374 e. The van der Waals surface area contributed by atoms with E-state index in [0.29, 0.717) is 5.88 Å². The third-order valence-electron chi connectivity index (χ3n) is 7.19. The van der Waals surface area contributed by atoms with Crippen LogP contribution in [-0.4, -0.2) is 23.9 Å². The number of hydrogen-bond donors (Lipinski definition) is 0. The number of piperidine rings is 1. The van der Waals surface area contributed by atoms with Crippen molar-refractivity contribution in [2.45, 2.75) is 78.6 Å². The van der Waals surface area contributed by atoms with E-state index in [1.807, 2.05) is 6.92 Å². The second-order valence-corrected chi connectivity index (χ2v) is 9.96. The van der Waals surface area contributed by atoms with Crippen molar-refractivity contribution in [1.29, 1.82) is 0 Å². The van der Waals surface area contributed by atoms with Crippen molar-refractivity contribution in [2.24, 2.45) is 5.92 Å². The van der Waals surface area contributed by atoms with Gasteiger partial charge in [-0.1, -0.05) is 70.7 Å². The molecular weight excluding hydrogens is 453 g/mol. The van der Waals surface area contributed by atoms with Crippen LogP contribution in [0.5, 0.6) is 0 Å². The van der Waals surface area contributed by atoms with E-state index in [-0.39, 0.29) is 5.82 Å². The highest BCUT2D eigenvalue weighted by atomic mass is 35.5. The summed E-state index contributed by atoms with van der Waals surface area (Å²) in [5.41, 5.74) is 7.92. The summed E-state index contributed by atoms with van der Waals surface area (Å²) in [4.78, 5) is 2.35. The van der Waals surface area contributed by atoms with Gasteiger partial charge < -0.3 is 4.90 Å². The fourth-order valence-corrected chi connectivity index (χ4v) is 4.82. The lowest BCUT2D eigenvalue weighted by Crippen LogP contribution is -2.33. The Hall–Kier alpha value is -2.06. The van der Waals surface area contributed by atoms with Gasteiger partial charge in [0.2, 0.25) is 0 Å². The molecule has 1 nitrogen and oxygen atoms in total. The lowest BCUT2D eigenvalue weighted by atomic mass is 9.88. The van der Waals surface area contributed by atoms with Gasteiger partial charge in [0.05, 0.1) is 5.88 Å². The smallest absolute Gasteiger partial charge is 0.123 e. The zero-order chi connectivity index (χ0) is 25.6. The average Bonchev–Trinajstić information content (AvgIpc) is 2.91. The number of allylic oxidation sites excluding steroid dienone is 2. The predicted molar refractivity (Wildman–Crippen MR) is 153 cm³/mol. The molecule has 3 heteroatoms. The maximum Gasteiger partial charge on any atom is 0.123 e. The van der Waals surface area contributed by atoms with Crippen LogP contribution in [0.1, 0.15) is 81.5 Å². The highest BCUT2D eigenvalue weighted by Gasteiger charge is 2.19. The molecule has 0 aliphatic carbocycles. The lowest BCUT2D eigenvalue weighted by molar-refractivity contribution is 0.222. The molecule has 35 heavy (non-hydrogen) atoms. The van der Waals surface area contributed by atoms with Crippen molar-refractivity contribution in [1.82, 2.24) is 4.90 Å². The van der Waals surface area contributed by atoms with Crippen molar-refractivity contribution >= 4 is 17.2 Å². The van der Waals surface area contributed by atoms with Crippen molar-refractivity contribution < 1.29 is 4.39 Å². The molecule has 0 radical (unpaired) electrons. The summed E-state index contributed by atoms with van der Waals surface area (Å²) >= 11 is 5.90. The Morgan fingerprint density at radius 2 is 1.66 bits per heavy atom. The second-order valence-electron chi connectivity index (χ2n) is 9.69. The van der Waals surface area contributed by atoms with Crippen LogP contribution in [0.25, 0.3) is 5.57 Å². The molecule has 0 N–H and O–H groups in total. The van der Waals surface area contributed by atoms with E-state index >= 15 is 0 Å². The average molecular weight is 498 g/mol. The fraction of sp³-hybridized carbons (Fsp3) is 0.500. The summed E-state index contributed by atoms with van der Waals surface area (Å²) in [6.07, 6.45) is 10.7. The summed E-state index contributed by atoms with van der Waals surface area (Å²) < 4.78 is 12.2. The number of benzene rings is 2. The van der Waals surface area contributed by atoms with Crippen LogP contribution in [0.3, 0.4) is 0 Å². The molecule has 0 spiro atoms. The van der Waals surface area contributed by atoms with E-state index in [9.17, 15) is 4.39 Å². The molecule has 0 atom stereocenters. The minimum Gasteiger partial charge on any atom is -0.374 e. The van der Waals surface area contributed by atoms with Crippen molar-refractivity contribution in [3.63, 3.8) is 0 Å². The van der Waals surface area contributed by atoms with Gasteiger partial charge in [0.25, 0.3) is 0 Å². The summed E-state index contributed by atoms with van der Waals surface area (Å²) in [6.45, 7) is 17.2. The van der Waals surface area contributed by atoms with Crippen LogP contribution in [-0.2, 0) is 19.3 Å². The Morgan fingerprint density at radius 1 is 0.971 bits per heavy atom. The third-order valence-corrected chi connectivity index (χ3v) is 7.50. The maximum absolute atomic E-state index is 12.2. The number of alkyl halides is 1. The lowest BCUT2D eigenvalue weighted by Gasteiger charge is -2.34. The number of unbranched alkanes of at least 4 members (excludes halogenated alkanes) is 1. The second kappa shape index (κ2) is 15.8. The first-order valence-corrected chi connectivity index (χ1v) is 14.0. The zero-order valence-corrected chi connectivity index (χ0v) is 23.0. The number of rotatable bonds is 11. The summed E-state index contributed by atoms with van der Waals surface area (Å²) in [6, 6.07) is 13.6. The predicted octanol–water partition coefficient (Wildman–Crippen LogP) is 9.24. The van der Waals surface area contributed by atoms with Gasteiger partial charge in [-0.05, 0) is 97.2 Å². The SMILES string of the molecule is C=C(CCC1CCN(C(=C)CCl)CC1)c1ccc(CCCC)c(CC)c1.CCc1ccc(F)cc1. The van der Waals surface area contributed by atoms with Crippen LogP contribution < -0.4 is 0 Å². The van der Waals surface area contributed by atoms with Gasteiger partial charge in [0.15, 0.2) is 0 Å². The molecule has 0 unspecified atom stereocenters. The van der Waals surface area contributed by atoms with Crippen LogP contribution >= 0.6 is 11.6 Å². The Bertz CT molecular complexity index is 910. The van der Waals surface area contributed by atoms with Gasteiger partial charge in [0.1, 0.15) is 5.82 Å². The first kappa shape index (κ1) is 29.2. The number of hydrogen-bond acceptors (Lipinski definition) is 1. The molecule has 3 rings (SSSR count). The molecule has 0 aromatic heterocycles. The Labute approximate surface area is 219 Å². The molecular formula is C32H45ClFN. The van der Waals surface area contributed by atoms with E-state index < -0.39 is 0 Å². The molecule has 0 amide bonds. The van der Waals surface area contributed by atoms with Gasteiger partial charge in [-0.15, -0.1) is 11.6 Å². The van der Waals surface area contributed by atoms with Crippen molar-refractivity contribution in [2.75, 3.05) is 19.0 Å². The third kappa shape index (κ3) is 9.84. The van der Waals surface area contributed by atoms with Gasteiger partial charge in [-0.25, -0.2) is 4.39 Å². The first-order valence-electron chi connectivity index (χ1n) is 13.4. The van der Waals surface area contributed by atoms with Crippen LogP contribution in [0.2, 0.25) is 0 Å². The highest BCUT2D eigenvalue weighted by molar-refractivity contribution is 6.19. The van der Waals surface area contributed by atoms with E-state index in [2.05, 4.69) is 50.1 Å². The minimum atomic E-state index is -0.160.